The molecule has 1 fully saturated rings. The summed E-state index contributed by atoms with van der Waals surface area (Å²) in [5.74, 6) is 0.412. The summed E-state index contributed by atoms with van der Waals surface area (Å²) in [7, 11) is -5.00. The molecule has 0 radical (unpaired) electrons. The number of rotatable bonds is 9. The molecule has 0 aromatic heterocycles. The summed E-state index contributed by atoms with van der Waals surface area (Å²) in [6.07, 6.45) is 8.40. The van der Waals surface area contributed by atoms with Gasteiger partial charge >= 0.3 is 0 Å². The van der Waals surface area contributed by atoms with Crippen molar-refractivity contribution in [2.75, 3.05) is 19.7 Å². The van der Waals surface area contributed by atoms with Crippen molar-refractivity contribution < 1.29 is 12.8 Å². The quantitative estimate of drug-likeness (QED) is 0.280. The van der Waals surface area contributed by atoms with Crippen molar-refractivity contribution in [2.45, 2.75) is 76.4 Å². The third-order valence-electron chi connectivity index (χ3n) is 6.33. The molecule has 0 spiro atoms. The minimum atomic E-state index is -3.36. The van der Waals surface area contributed by atoms with Crippen molar-refractivity contribution in [3.63, 3.8) is 0 Å². The van der Waals surface area contributed by atoms with E-state index in [2.05, 4.69) is 46.0 Å². The van der Waals surface area contributed by atoms with Gasteiger partial charge in [0.25, 0.3) is 0 Å². The molecule has 2 rings (SSSR count). The molecule has 0 amide bonds. The predicted octanol–water partition coefficient (Wildman–Crippen LogP) is 5.75. The molecule has 1 aliphatic rings. The van der Waals surface area contributed by atoms with Crippen LogP contribution >= 0.6 is 0 Å². The van der Waals surface area contributed by atoms with Gasteiger partial charge < -0.3 is 4.43 Å². The maximum atomic E-state index is 12.8. The zero-order valence-corrected chi connectivity index (χ0v) is 20.9. The van der Waals surface area contributed by atoms with Crippen LogP contribution in [0.2, 0.25) is 18.1 Å². The summed E-state index contributed by atoms with van der Waals surface area (Å²) >= 11 is 0. The molecule has 0 aliphatic carbocycles. The maximum absolute atomic E-state index is 12.8. The summed E-state index contributed by atoms with van der Waals surface area (Å²) in [4.78, 5) is 0.404. The van der Waals surface area contributed by atoms with Crippen molar-refractivity contribution in [3.05, 3.63) is 42.0 Å². The van der Waals surface area contributed by atoms with Gasteiger partial charge in [0, 0.05) is 19.7 Å². The molecule has 1 unspecified atom stereocenters. The molecule has 0 saturated carbocycles. The highest BCUT2D eigenvalue weighted by atomic mass is 32.2. The SMILES string of the molecule is Cc1ccc(S(=O)(=O)N2CCC(C/C=C/CCCO[Si](C)(C)C(C)(C)C)C2)cc1. The van der Waals surface area contributed by atoms with Crippen LogP contribution in [0.5, 0.6) is 0 Å². The zero-order valence-electron chi connectivity index (χ0n) is 19.1. The van der Waals surface area contributed by atoms with Gasteiger partial charge in [0.2, 0.25) is 10.0 Å². The largest absolute Gasteiger partial charge is 0.417 e. The molecule has 1 aromatic rings. The molecule has 1 saturated heterocycles. The smallest absolute Gasteiger partial charge is 0.243 e. The third-order valence-corrected chi connectivity index (χ3v) is 12.7. The van der Waals surface area contributed by atoms with Crippen LogP contribution in [0.25, 0.3) is 0 Å². The predicted molar refractivity (Wildman–Crippen MR) is 124 cm³/mol. The van der Waals surface area contributed by atoms with Gasteiger partial charge in [-0.15, -0.1) is 0 Å². The number of hydrogen-bond donors (Lipinski definition) is 0. The van der Waals surface area contributed by atoms with Crippen molar-refractivity contribution in [1.29, 1.82) is 0 Å². The first-order valence-electron chi connectivity index (χ1n) is 10.8. The Hall–Kier alpha value is -0.953. The van der Waals surface area contributed by atoms with Crippen LogP contribution in [0.4, 0.5) is 0 Å². The fourth-order valence-electron chi connectivity index (χ4n) is 3.22. The number of aryl methyl sites for hydroxylation is 1. The molecular weight excluding hydrogens is 398 g/mol. The second-order valence-electron chi connectivity index (χ2n) is 9.79. The monoisotopic (exact) mass is 437 g/mol. The summed E-state index contributed by atoms with van der Waals surface area (Å²) in [6.45, 7) is 15.4. The van der Waals surface area contributed by atoms with E-state index < -0.39 is 18.3 Å². The second-order valence-corrected chi connectivity index (χ2v) is 16.5. The first-order chi connectivity index (χ1) is 13.4. The van der Waals surface area contributed by atoms with Gasteiger partial charge in [-0.2, -0.15) is 4.31 Å². The number of unbranched alkanes of at least 4 members (excludes halogenated alkanes) is 1. The lowest BCUT2D eigenvalue weighted by molar-refractivity contribution is 0.283. The van der Waals surface area contributed by atoms with Crippen LogP contribution in [0.1, 0.15) is 52.0 Å². The van der Waals surface area contributed by atoms with E-state index in [0.717, 1.165) is 37.9 Å². The van der Waals surface area contributed by atoms with Crippen LogP contribution in [0.15, 0.2) is 41.3 Å². The van der Waals surface area contributed by atoms with Gasteiger partial charge in [-0.1, -0.05) is 50.6 Å². The normalized spacial score (nSPS) is 19.3. The summed E-state index contributed by atoms with van der Waals surface area (Å²) in [5.41, 5.74) is 1.07. The van der Waals surface area contributed by atoms with E-state index in [1.54, 1.807) is 16.4 Å². The van der Waals surface area contributed by atoms with Crippen LogP contribution in [-0.4, -0.2) is 40.7 Å². The molecule has 1 heterocycles. The Morgan fingerprint density at radius 2 is 1.83 bits per heavy atom. The zero-order chi connectivity index (χ0) is 21.7. The summed E-state index contributed by atoms with van der Waals surface area (Å²) in [6, 6.07) is 7.14. The minimum absolute atomic E-state index is 0.260. The first-order valence-corrected chi connectivity index (χ1v) is 15.1. The van der Waals surface area contributed by atoms with E-state index in [1.165, 1.54) is 0 Å². The number of benzene rings is 1. The lowest BCUT2D eigenvalue weighted by Crippen LogP contribution is -2.40. The molecular formula is C23H39NO3SSi. The molecule has 0 N–H and O–H groups in total. The molecule has 1 aliphatic heterocycles. The number of nitrogens with zero attached hydrogens (tertiary/aromatic N) is 1. The standard InChI is InChI=1S/C23H39NO3SSi/c1-20-12-14-22(15-13-20)28(25,26)24-17-16-21(19-24)11-9-7-8-10-18-27-29(5,6)23(2,3)4/h7,9,12-15,21H,8,10-11,16-19H2,1-6H3/b9-7+. The van der Waals surface area contributed by atoms with E-state index >= 15 is 0 Å². The Labute approximate surface area is 179 Å². The topological polar surface area (TPSA) is 46.6 Å². The molecule has 164 valence electrons. The Morgan fingerprint density at radius 3 is 2.45 bits per heavy atom. The van der Waals surface area contributed by atoms with Crippen molar-refractivity contribution >= 4 is 18.3 Å². The van der Waals surface area contributed by atoms with E-state index in [1.807, 2.05) is 19.1 Å². The number of allylic oxidation sites excluding steroid dienone is 2. The van der Waals surface area contributed by atoms with E-state index in [0.29, 0.717) is 23.9 Å². The first kappa shape index (κ1) is 24.3. The lowest BCUT2D eigenvalue weighted by Gasteiger charge is -2.36. The fourth-order valence-corrected chi connectivity index (χ4v) is 5.84. The van der Waals surface area contributed by atoms with Gasteiger partial charge in [0.1, 0.15) is 0 Å². The Morgan fingerprint density at radius 1 is 1.17 bits per heavy atom. The van der Waals surface area contributed by atoms with E-state index in [-0.39, 0.29) is 5.04 Å². The Kier molecular flexibility index (Phi) is 8.30. The maximum Gasteiger partial charge on any atom is 0.243 e. The second kappa shape index (κ2) is 9.90. The van der Waals surface area contributed by atoms with Gasteiger partial charge in [-0.3, -0.25) is 0 Å². The summed E-state index contributed by atoms with van der Waals surface area (Å²) in [5, 5.41) is 0.260. The van der Waals surface area contributed by atoms with E-state index in [9.17, 15) is 8.42 Å². The Bertz CT molecular complexity index is 779. The van der Waals surface area contributed by atoms with Crippen molar-refractivity contribution in [1.82, 2.24) is 4.31 Å². The van der Waals surface area contributed by atoms with Gasteiger partial charge in [-0.25, -0.2) is 8.42 Å². The molecule has 29 heavy (non-hydrogen) atoms. The van der Waals surface area contributed by atoms with Gasteiger partial charge in [0.15, 0.2) is 8.32 Å². The molecule has 4 nitrogen and oxygen atoms in total. The van der Waals surface area contributed by atoms with Crippen LogP contribution in [0, 0.1) is 12.8 Å². The minimum Gasteiger partial charge on any atom is -0.417 e. The number of hydrogen-bond acceptors (Lipinski definition) is 3. The Balaban J connectivity index is 1.72. The molecule has 1 atom stereocenters. The molecule has 6 heteroatoms. The highest BCUT2D eigenvalue weighted by molar-refractivity contribution is 7.89. The average molecular weight is 438 g/mol. The lowest BCUT2D eigenvalue weighted by atomic mass is 10.0. The van der Waals surface area contributed by atoms with Gasteiger partial charge in [0.05, 0.1) is 4.90 Å². The van der Waals surface area contributed by atoms with Crippen LogP contribution in [0.3, 0.4) is 0 Å². The summed E-state index contributed by atoms with van der Waals surface area (Å²) < 4.78 is 33.4. The van der Waals surface area contributed by atoms with Crippen molar-refractivity contribution in [2.24, 2.45) is 5.92 Å². The molecule has 1 aromatic carbocycles. The van der Waals surface area contributed by atoms with Gasteiger partial charge in [-0.05, 0) is 68.8 Å². The van der Waals surface area contributed by atoms with E-state index in [4.69, 9.17) is 4.43 Å². The van der Waals surface area contributed by atoms with Crippen molar-refractivity contribution in [3.8, 4) is 0 Å². The highest BCUT2D eigenvalue weighted by Crippen LogP contribution is 2.36. The molecule has 0 bridgehead atoms. The highest BCUT2D eigenvalue weighted by Gasteiger charge is 2.36. The average Bonchev–Trinajstić information content (AvgIpc) is 3.10. The third kappa shape index (κ3) is 6.77. The fraction of sp³-hybridized carbons (Fsp3) is 0.652. The van der Waals surface area contributed by atoms with Crippen LogP contribution in [-0.2, 0) is 14.4 Å². The number of sulfonamides is 1. The van der Waals surface area contributed by atoms with Crippen LogP contribution < -0.4 is 0 Å².